The Bertz CT molecular complexity index is 954. The first-order valence-corrected chi connectivity index (χ1v) is 9.15. The number of urea groups is 1. The number of carbonyl (C=O) groups excluding carboxylic acids is 1. The maximum Gasteiger partial charge on any atom is 0.321 e. The van der Waals surface area contributed by atoms with Gasteiger partial charge in [0.25, 0.3) is 0 Å². The lowest BCUT2D eigenvalue weighted by molar-refractivity contribution is 0.0600. The van der Waals surface area contributed by atoms with Crippen LogP contribution in [0, 0.1) is 5.92 Å². The van der Waals surface area contributed by atoms with Crippen LogP contribution >= 0.6 is 0 Å². The lowest BCUT2D eigenvalue weighted by Gasteiger charge is -2.34. The van der Waals surface area contributed by atoms with Crippen molar-refractivity contribution in [3.8, 4) is 0 Å². The highest BCUT2D eigenvalue weighted by atomic mass is 16.3. The Morgan fingerprint density at radius 2 is 2.00 bits per heavy atom. The van der Waals surface area contributed by atoms with Crippen molar-refractivity contribution in [1.29, 1.82) is 0 Å². The standard InChI is InChI=1S/C19H24N6O2/c1-23-10-7-20-18(23)17(26)13-5-8-25(9-6-13)19(27)22-14-3-4-16-15(11-14)21-12-24(16)2/h3-4,7,10-13,17,26H,5-6,8-9H2,1-2H3,(H,22,27)/t17-/m0/s1. The first-order valence-electron chi connectivity index (χ1n) is 9.15. The quantitative estimate of drug-likeness (QED) is 0.742. The Labute approximate surface area is 157 Å². The van der Waals surface area contributed by atoms with Crippen LogP contribution in [-0.4, -0.2) is 48.2 Å². The van der Waals surface area contributed by atoms with Gasteiger partial charge in [0.05, 0.1) is 17.4 Å². The van der Waals surface area contributed by atoms with Gasteiger partial charge in [0.2, 0.25) is 0 Å². The molecule has 4 rings (SSSR count). The molecule has 0 aliphatic carbocycles. The lowest BCUT2D eigenvalue weighted by atomic mass is 9.91. The summed E-state index contributed by atoms with van der Waals surface area (Å²) in [5, 5.41) is 13.5. The number of fused-ring (bicyclic) bond motifs is 1. The van der Waals surface area contributed by atoms with E-state index in [-0.39, 0.29) is 11.9 Å². The van der Waals surface area contributed by atoms with E-state index in [1.54, 1.807) is 17.4 Å². The first kappa shape index (κ1) is 17.5. The summed E-state index contributed by atoms with van der Waals surface area (Å²) in [5.74, 6) is 0.793. The van der Waals surface area contributed by atoms with Gasteiger partial charge < -0.3 is 24.5 Å². The van der Waals surface area contributed by atoms with Crippen LogP contribution < -0.4 is 5.32 Å². The van der Waals surface area contributed by atoms with Crippen LogP contribution in [0.4, 0.5) is 10.5 Å². The number of rotatable bonds is 3. The smallest absolute Gasteiger partial charge is 0.321 e. The van der Waals surface area contributed by atoms with Crippen LogP contribution in [0.15, 0.2) is 36.9 Å². The van der Waals surface area contributed by atoms with Crippen LogP contribution in [0.5, 0.6) is 0 Å². The number of anilines is 1. The number of piperidine rings is 1. The predicted molar refractivity (Wildman–Crippen MR) is 102 cm³/mol. The van der Waals surface area contributed by atoms with Crippen LogP contribution in [0.3, 0.4) is 0 Å². The minimum absolute atomic E-state index is 0.111. The molecule has 2 amide bonds. The summed E-state index contributed by atoms with van der Waals surface area (Å²) >= 11 is 0. The summed E-state index contributed by atoms with van der Waals surface area (Å²) in [6.45, 7) is 1.23. The van der Waals surface area contributed by atoms with Gasteiger partial charge >= 0.3 is 6.03 Å². The minimum Gasteiger partial charge on any atom is -0.385 e. The average Bonchev–Trinajstić information content (AvgIpc) is 3.27. The van der Waals surface area contributed by atoms with Crippen LogP contribution in [0.1, 0.15) is 24.8 Å². The van der Waals surface area contributed by atoms with E-state index in [0.717, 1.165) is 29.6 Å². The molecule has 142 valence electrons. The Morgan fingerprint density at radius 3 is 2.70 bits per heavy atom. The average molecular weight is 368 g/mol. The fourth-order valence-electron chi connectivity index (χ4n) is 3.71. The van der Waals surface area contributed by atoms with Gasteiger partial charge in [-0.25, -0.2) is 14.8 Å². The molecule has 0 unspecified atom stereocenters. The SMILES string of the molecule is Cn1ccnc1[C@@H](O)C1CCN(C(=O)Nc2ccc3c(c2)ncn3C)CC1. The second kappa shape index (κ2) is 7.03. The molecular formula is C19H24N6O2. The van der Waals surface area contributed by atoms with Gasteiger partial charge in [-0.05, 0) is 37.0 Å². The molecule has 2 aromatic heterocycles. The van der Waals surface area contributed by atoms with Gasteiger partial charge in [0.1, 0.15) is 11.9 Å². The minimum atomic E-state index is -0.596. The summed E-state index contributed by atoms with van der Waals surface area (Å²) in [5.41, 5.74) is 2.62. The molecule has 1 saturated heterocycles. The van der Waals surface area contributed by atoms with Crippen molar-refractivity contribution in [1.82, 2.24) is 24.0 Å². The monoisotopic (exact) mass is 368 g/mol. The zero-order chi connectivity index (χ0) is 19.0. The normalized spacial score (nSPS) is 16.6. The molecule has 1 aromatic carbocycles. The number of aliphatic hydroxyl groups excluding tert-OH is 1. The van der Waals surface area contributed by atoms with Crippen LogP contribution in [0.25, 0.3) is 11.0 Å². The Hall–Kier alpha value is -2.87. The molecule has 0 bridgehead atoms. The highest BCUT2D eigenvalue weighted by molar-refractivity contribution is 5.92. The van der Waals surface area contributed by atoms with Crippen LogP contribution in [-0.2, 0) is 14.1 Å². The van der Waals surface area contributed by atoms with E-state index < -0.39 is 6.10 Å². The van der Waals surface area contributed by atoms with E-state index in [0.29, 0.717) is 18.9 Å². The van der Waals surface area contributed by atoms with E-state index in [1.807, 2.05) is 47.6 Å². The number of aryl methyl sites for hydroxylation is 2. The van der Waals surface area contributed by atoms with Crippen molar-refractivity contribution >= 4 is 22.8 Å². The zero-order valence-corrected chi connectivity index (χ0v) is 15.5. The van der Waals surface area contributed by atoms with E-state index in [2.05, 4.69) is 15.3 Å². The third-order valence-corrected chi connectivity index (χ3v) is 5.37. The number of aliphatic hydroxyl groups is 1. The molecule has 0 spiro atoms. The number of likely N-dealkylation sites (tertiary alicyclic amines) is 1. The highest BCUT2D eigenvalue weighted by Gasteiger charge is 2.30. The number of hydrogen-bond donors (Lipinski definition) is 2. The van der Waals surface area contributed by atoms with Gasteiger partial charge in [-0.3, -0.25) is 0 Å². The Morgan fingerprint density at radius 1 is 1.22 bits per heavy atom. The Kier molecular flexibility index (Phi) is 4.57. The third-order valence-electron chi connectivity index (χ3n) is 5.37. The van der Waals surface area contributed by atoms with Crippen molar-refractivity contribution in [3.63, 3.8) is 0 Å². The summed E-state index contributed by atoms with van der Waals surface area (Å²) in [6, 6.07) is 5.60. The second-order valence-corrected chi connectivity index (χ2v) is 7.15. The molecule has 0 saturated carbocycles. The predicted octanol–water partition coefficient (Wildman–Crippen LogP) is 2.28. The van der Waals surface area contributed by atoms with Crippen molar-refractivity contribution < 1.29 is 9.90 Å². The molecule has 27 heavy (non-hydrogen) atoms. The molecular weight excluding hydrogens is 344 g/mol. The van der Waals surface area contributed by atoms with Gasteiger partial charge in [0.15, 0.2) is 0 Å². The number of hydrogen-bond acceptors (Lipinski definition) is 4. The number of imidazole rings is 2. The molecule has 2 N–H and O–H groups in total. The Balaban J connectivity index is 1.36. The third kappa shape index (κ3) is 3.40. The number of amides is 2. The van der Waals surface area contributed by atoms with E-state index in [9.17, 15) is 9.90 Å². The second-order valence-electron chi connectivity index (χ2n) is 7.15. The molecule has 8 nitrogen and oxygen atoms in total. The van der Waals surface area contributed by atoms with Crippen molar-refractivity contribution in [3.05, 3.63) is 42.7 Å². The first-order chi connectivity index (χ1) is 13.0. The fraction of sp³-hybridized carbons (Fsp3) is 0.421. The van der Waals surface area contributed by atoms with Gasteiger partial charge in [-0.2, -0.15) is 0 Å². The summed E-state index contributed by atoms with van der Waals surface area (Å²) < 4.78 is 3.79. The molecule has 1 aliphatic heterocycles. The molecule has 1 atom stereocenters. The summed E-state index contributed by atoms with van der Waals surface area (Å²) in [4.78, 5) is 22.9. The van der Waals surface area contributed by atoms with E-state index >= 15 is 0 Å². The number of aromatic nitrogens is 4. The van der Waals surface area contributed by atoms with Gasteiger partial charge in [-0.15, -0.1) is 0 Å². The maximum absolute atomic E-state index is 12.6. The molecule has 1 fully saturated rings. The number of carbonyl (C=O) groups is 1. The lowest BCUT2D eigenvalue weighted by Crippen LogP contribution is -2.42. The maximum atomic E-state index is 12.6. The fourth-order valence-corrected chi connectivity index (χ4v) is 3.71. The number of nitrogens with zero attached hydrogens (tertiary/aromatic N) is 5. The molecule has 1 aliphatic rings. The highest BCUT2D eigenvalue weighted by Crippen LogP contribution is 2.30. The topological polar surface area (TPSA) is 88.2 Å². The zero-order valence-electron chi connectivity index (χ0n) is 15.5. The number of benzene rings is 1. The number of nitrogens with one attached hydrogen (secondary N) is 1. The largest absolute Gasteiger partial charge is 0.385 e. The van der Waals surface area contributed by atoms with Gasteiger partial charge in [-0.1, -0.05) is 0 Å². The molecule has 8 heteroatoms. The molecule has 0 radical (unpaired) electrons. The van der Waals surface area contributed by atoms with E-state index in [1.165, 1.54) is 0 Å². The summed E-state index contributed by atoms with van der Waals surface area (Å²) in [7, 11) is 3.82. The molecule has 3 heterocycles. The van der Waals surface area contributed by atoms with Crippen molar-refractivity contribution in [2.45, 2.75) is 18.9 Å². The van der Waals surface area contributed by atoms with Gasteiger partial charge in [0, 0.05) is 45.3 Å². The van der Waals surface area contributed by atoms with Crippen LogP contribution in [0.2, 0.25) is 0 Å². The van der Waals surface area contributed by atoms with Crippen molar-refractivity contribution in [2.24, 2.45) is 20.0 Å². The van der Waals surface area contributed by atoms with E-state index in [4.69, 9.17) is 0 Å². The van der Waals surface area contributed by atoms with Crippen molar-refractivity contribution in [2.75, 3.05) is 18.4 Å². The summed E-state index contributed by atoms with van der Waals surface area (Å²) in [6.07, 6.45) is 6.19. The molecule has 3 aromatic rings.